The van der Waals surface area contributed by atoms with Gasteiger partial charge in [0.15, 0.2) is 5.75 Å². The minimum absolute atomic E-state index is 0.0444. The molecule has 2 aromatic carbocycles. The summed E-state index contributed by atoms with van der Waals surface area (Å²) in [6.07, 6.45) is 0.989. The first-order valence-corrected chi connectivity index (χ1v) is 13.7. The number of nitrogens with zero attached hydrogens (tertiary/aromatic N) is 2. The van der Waals surface area contributed by atoms with Gasteiger partial charge in [0.05, 0.1) is 12.9 Å². The number of halogens is 2. The van der Waals surface area contributed by atoms with Crippen molar-refractivity contribution in [2.24, 2.45) is 0 Å². The molecule has 0 spiro atoms. The van der Waals surface area contributed by atoms with Gasteiger partial charge >= 0.3 is 0 Å². The molecule has 1 aliphatic rings. The molecule has 168 valence electrons. The van der Waals surface area contributed by atoms with E-state index in [1.807, 2.05) is 12.1 Å². The monoisotopic (exact) mass is 670 g/mol. The lowest BCUT2D eigenvalue weighted by Crippen LogP contribution is -2.50. The number of carbonyl (C=O) groups excluding carboxylic acids is 1. The van der Waals surface area contributed by atoms with Crippen molar-refractivity contribution in [2.45, 2.75) is 19.8 Å². The van der Waals surface area contributed by atoms with Crippen LogP contribution in [0.25, 0.3) is 0 Å². The maximum absolute atomic E-state index is 12.6. The van der Waals surface area contributed by atoms with Gasteiger partial charge in [0.25, 0.3) is 0 Å². The minimum atomic E-state index is -3.19. The van der Waals surface area contributed by atoms with Crippen molar-refractivity contribution >= 4 is 61.1 Å². The first-order valence-electron chi connectivity index (χ1n) is 9.90. The van der Waals surface area contributed by atoms with E-state index in [9.17, 15) is 18.3 Å². The number of piperazine rings is 1. The average molecular weight is 670 g/mol. The van der Waals surface area contributed by atoms with Crippen molar-refractivity contribution in [1.82, 2.24) is 9.21 Å². The van der Waals surface area contributed by atoms with Crippen LogP contribution in [0.2, 0.25) is 0 Å². The fraction of sp³-hybridized carbons (Fsp3) is 0.381. The largest absolute Gasteiger partial charge is 0.508 e. The van der Waals surface area contributed by atoms with E-state index in [4.69, 9.17) is 4.74 Å². The Morgan fingerprint density at radius 1 is 1.06 bits per heavy atom. The number of sulfonamides is 1. The molecular formula is C21H24I2N2O5S. The van der Waals surface area contributed by atoms with E-state index in [0.717, 1.165) is 18.5 Å². The van der Waals surface area contributed by atoms with E-state index in [1.165, 1.54) is 4.31 Å². The van der Waals surface area contributed by atoms with Gasteiger partial charge in [-0.3, -0.25) is 4.79 Å². The summed E-state index contributed by atoms with van der Waals surface area (Å²) in [4.78, 5) is 14.4. The molecule has 1 saturated heterocycles. The predicted molar refractivity (Wildman–Crippen MR) is 136 cm³/mol. The van der Waals surface area contributed by atoms with Gasteiger partial charge in [0.2, 0.25) is 15.9 Å². The van der Waals surface area contributed by atoms with Crippen molar-refractivity contribution < 1.29 is 23.1 Å². The molecule has 0 radical (unpaired) electrons. The van der Waals surface area contributed by atoms with E-state index in [2.05, 4.69) is 45.2 Å². The summed E-state index contributed by atoms with van der Waals surface area (Å²) in [5, 5.41) is 9.41. The van der Waals surface area contributed by atoms with Crippen LogP contribution < -0.4 is 4.74 Å². The number of amides is 1. The van der Waals surface area contributed by atoms with Crippen LogP contribution in [-0.2, 0) is 21.2 Å². The van der Waals surface area contributed by atoms with Crippen molar-refractivity contribution in [1.29, 1.82) is 0 Å². The third-order valence-corrected chi connectivity index (χ3v) is 8.58. The summed E-state index contributed by atoms with van der Waals surface area (Å²) in [7, 11) is -3.19. The third kappa shape index (κ3) is 6.45. The Bertz CT molecular complexity index is 1010. The van der Waals surface area contributed by atoms with E-state index in [-0.39, 0.29) is 17.4 Å². The Balaban J connectivity index is 1.57. The summed E-state index contributed by atoms with van der Waals surface area (Å²) < 4.78 is 33.2. The topological polar surface area (TPSA) is 87.2 Å². The van der Waals surface area contributed by atoms with Gasteiger partial charge in [0.1, 0.15) is 11.5 Å². The number of phenolic OH excluding ortho intramolecular Hbond substituents is 1. The molecule has 1 aliphatic heterocycles. The van der Waals surface area contributed by atoms with Crippen molar-refractivity contribution in [3.8, 4) is 17.2 Å². The third-order valence-electron chi connectivity index (χ3n) is 5.09. The van der Waals surface area contributed by atoms with Gasteiger partial charge in [0, 0.05) is 32.6 Å². The number of ether oxygens (including phenoxy) is 1. The van der Waals surface area contributed by atoms with Crippen LogP contribution in [0.15, 0.2) is 36.4 Å². The van der Waals surface area contributed by atoms with Crippen LogP contribution in [0.4, 0.5) is 0 Å². The Morgan fingerprint density at radius 2 is 1.65 bits per heavy atom. The molecule has 7 nitrogen and oxygen atoms in total. The van der Waals surface area contributed by atoms with Crippen LogP contribution >= 0.6 is 45.2 Å². The number of aryl methyl sites for hydroxylation is 1. The molecule has 10 heteroatoms. The second kappa shape index (κ2) is 10.7. The molecule has 1 heterocycles. The number of aromatic hydroxyl groups is 1. The lowest BCUT2D eigenvalue weighted by molar-refractivity contribution is -0.132. The zero-order valence-corrected chi connectivity index (χ0v) is 22.2. The lowest BCUT2D eigenvalue weighted by atomic mass is 10.1. The maximum atomic E-state index is 12.6. The first-order chi connectivity index (χ1) is 14.7. The quantitative estimate of drug-likeness (QED) is 0.453. The van der Waals surface area contributed by atoms with Gasteiger partial charge in [-0.05, 0) is 100 Å². The van der Waals surface area contributed by atoms with Crippen molar-refractivity contribution in [3.05, 3.63) is 49.1 Å². The Labute approximate surface area is 210 Å². The van der Waals surface area contributed by atoms with E-state index in [1.54, 1.807) is 36.1 Å². The van der Waals surface area contributed by atoms with Gasteiger partial charge < -0.3 is 14.7 Å². The molecule has 0 aromatic heterocycles. The molecule has 1 fully saturated rings. The van der Waals surface area contributed by atoms with Crippen molar-refractivity contribution in [2.75, 3.05) is 31.9 Å². The summed E-state index contributed by atoms with van der Waals surface area (Å²) in [5.74, 6) is 1.70. The van der Waals surface area contributed by atoms with Crippen LogP contribution in [0.3, 0.4) is 0 Å². The highest BCUT2D eigenvalue weighted by atomic mass is 127. The number of hydrogen-bond acceptors (Lipinski definition) is 5. The van der Waals surface area contributed by atoms with Crippen molar-refractivity contribution in [3.63, 3.8) is 0 Å². The molecule has 3 rings (SSSR count). The highest BCUT2D eigenvalue weighted by Gasteiger charge is 2.27. The summed E-state index contributed by atoms with van der Waals surface area (Å²) in [5.41, 5.74) is 1.05. The summed E-state index contributed by atoms with van der Waals surface area (Å²) in [6.45, 7) is 3.23. The SMILES string of the molecule is CCS(=O)(=O)N1CCN(C(=O)CCc2cc(I)c(Oc3ccc(O)cc3)c(I)c2)CC1. The smallest absolute Gasteiger partial charge is 0.222 e. The lowest BCUT2D eigenvalue weighted by Gasteiger charge is -2.33. The number of rotatable bonds is 7. The predicted octanol–water partition coefficient (Wildman–Crippen LogP) is 3.82. The molecule has 0 bridgehead atoms. The second-order valence-corrected chi connectivity index (χ2v) is 11.7. The molecular weight excluding hydrogens is 646 g/mol. The average Bonchev–Trinajstić information content (AvgIpc) is 2.76. The van der Waals surface area contributed by atoms with Gasteiger partial charge in [-0.25, -0.2) is 8.42 Å². The number of carbonyl (C=O) groups is 1. The minimum Gasteiger partial charge on any atom is -0.508 e. The number of hydrogen-bond donors (Lipinski definition) is 1. The second-order valence-electron chi connectivity index (χ2n) is 7.16. The van der Waals surface area contributed by atoms with E-state index in [0.29, 0.717) is 44.8 Å². The van der Waals surface area contributed by atoms with Gasteiger partial charge in [-0.15, -0.1) is 0 Å². The Morgan fingerprint density at radius 3 is 2.19 bits per heavy atom. The first kappa shape index (κ1) is 24.5. The number of benzene rings is 2. The fourth-order valence-corrected chi connectivity index (χ4v) is 6.50. The van der Waals surface area contributed by atoms with Gasteiger partial charge in [-0.2, -0.15) is 4.31 Å². The molecule has 0 saturated carbocycles. The Kier molecular flexibility index (Phi) is 8.44. The van der Waals surface area contributed by atoms with Crippen LogP contribution in [0.5, 0.6) is 17.2 Å². The Hall–Kier alpha value is -1.12. The normalized spacial score (nSPS) is 15.1. The van der Waals surface area contributed by atoms with Crippen LogP contribution in [-0.4, -0.2) is 60.6 Å². The molecule has 0 aliphatic carbocycles. The van der Waals surface area contributed by atoms with Gasteiger partial charge in [-0.1, -0.05) is 0 Å². The molecule has 0 unspecified atom stereocenters. The van der Waals surface area contributed by atoms with E-state index >= 15 is 0 Å². The molecule has 1 amide bonds. The van der Waals surface area contributed by atoms with Crippen LogP contribution in [0, 0.1) is 7.14 Å². The summed E-state index contributed by atoms with van der Waals surface area (Å²) >= 11 is 4.44. The molecule has 1 N–H and O–H groups in total. The fourth-order valence-electron chi connectivity index (χ4n) is 3.29. The van der Waals surface area contributed by atoms with Crippen LogP contribution in [0.1, 0.15) is 18.9 Å². The van der Waals surface area contributed by atoms with E-state index < -0.39 is 10.0 Å². The zero-order chi connectivity index (χ0) is 22.6. The standard InChI is InChI=1S/C21H24I2N2O5S/c1-2-31(28,29)25-11-9-24(10-12-25)20(27)8-3-15-13-18(22)21(19(23)14-15)30-17-6-4-16(26)5-7-17/h4-7,13-14,26H,2-3,8-12H2,1H3. The highest BCUT2D eigenvalue weighted by Crippen LogP contribution is 2.33. The highest BCUT2D eigenvalue weighted by molar-refractivity contribution is 14.1. The molecule has 2 aromatic rings. The molecule has 31 heavy (non-hydrogen) atoms. The maximum Gasteiger partial charge on any atom is 0.222 e. The summed E-state index contributed by atoms with van der Waals surface area (Å²) in [6, 6.07) is 10.6. The molecule has 0 atom stereocenters. The zero-order valence-electron chi connectivity index (χ0n) is 17.1. The number of phenols is 1.